The van der Waals surface area contributed by atoms with E-state index in [2.05, 4.69) is 70.1 Å². The predicted octanol–water partition coefficient (Wildman–Crippen LogP) is 2.91. The van der Waals surface area contributed by atoms with Crippen LogP contribution in [0.3, 0.4) is 0 Å². The molecule has 0 N–H and O–H groups in total. The van der Waals surface area contributed by atoms with E-state index in [0.717, 1.165) is 7.40 Å². The standard InChI is InChI=1S/C7H7I2N/c1-4-3-6(8)10-7(9)5(4)2/h3H,1-2H3. The minimum Gasteiger partial charge on any atom is -0.236 e. The highest BCUT2D eigenvalue weighted by Crippen LogP contribution is 2.15. The first-order valence-corrected chi connectivity index (χ1v) is 5.06. The number of rotatable bonds is 0. The Morgan fingerprint density at radius 2 is 1.90 bits per heavy atom. The zero-order valence-corrected chi connectivity index (χ0v) is 10.1. The Morgan fingerprint density at radius 1 is 1.30 bits per heavy atom. The van der Waals surface area contributed by atoms with Gasteiger partial charge < -0.3 is 0 Å². The Bertz CT molecular complexity index is 235. The van der Waals surface area contributed by atoms with Gasteiger partial charge in [0.15, 0.2) is 0 Å². The maximum Gasteiger partial charge on any atom is 0.105 e. The van der Waals surface area contributed by atoms with E-state index in [9.17, 15) is 0 Å². The molecule has 1 nitrogen and oxygen atoms in total. The molecule has 0 radical (unpaired) electrons. The average Bonchev–Trinajstić information content (AvgIpc) is 1.82. The molecule has 0 fully saturated rings. The molecule has 0 amide bonds. The number of hydrogen-bond donors (Lipinski definition) is 0. The van der Waals surface area contributed by atoms with Gasteiger partial charge in [0.2, 0.25) is 0 Å². The quantitative estimate of drug-likeness (QED) is 0.513. The topological polar surface area (TPSA) is 12.9 Å². The van der Waals surface area contributed by atoms with Crippen molar-refractivity contribution in [2.45, 2.75) is 13.8 Å². The summed E-state index contributed by atoms with van der Waals surface area (Å²) in [6.45, 7) is 4.21. The molecule has 0 aliphatic heterocycles. The van der Waals surface area contributed by atoms with Crippen LogP contribution < -0.4 is 0 Å². The fourth-order valence-corrected chi connectivity index (χ4v) is 2.51. The van der Waals surface area contributed by atoms with Gasteiger partial charge >= 0.3 is 0 Å². The maximum atomic E-state index is 4.31. The molecule has 0 aromatic carbocycles. The first kappa shape index (κ1) is 8.70. The summed E-state index contributed by atoms with van der Waals surface area (Å²) in [5.41, 5.74) is 2.62. The zero-order valence-electron chi connectivity index (χ0n) is 5.78. The predicted molar refractivity (Wildman–Crippen MR) is 59.1 cm³/mol. The van der Waals surface area contributed by atoms with Gasteiger partial charge in [-0.2, -0.15) is 0 Å². The molecule has 0 bridgehead atoms. The van der Waals surface area contributed by atoms with E-state index in [1.54, 1.807) is 0 Å². The zero-order chi connectivity index (χ0) is 7.72. The number of hydrogen-bond acceptors (Lipinski definition) is 1. The van der Waals surface area contributed by atoms with E-state index in [4.69, 9.17) is 0 Å². The lowest BCUT2D eigenvalue weighted by Gasteiger charge is -2.01. The van der Waals surface area contributed by atoms with Crippen molar-refractivity contribution < 1.29 is 0 Å². The summed E-state index contributed by atoms with van der Waals surface area (Å²) in [5, 5.41) is 0. The van der Waals surface area contributed by atoms with Gasteiger partial charge in [-0.05, 0) is 76.2 Å². The Hall–Kier alpha value is 0.610. The fraction of sp³-hybridized carbons (Fsp3) is 0.286. The average molecular weight is 359 g/mol. The number of aryl methyl sites for hydroxylation is 1. The molecular formula is C7H7I2N. The van der Waals surface area contributed by atoms with Gasteiger partial charge in [-0.3, -0.25) is 0 Å². The van der Waals surface area contributed by atoms with E-state index in [-0.39, 0.29) is 0 Å². The van der Waals surface area contributed by atoms with E-state index in [0.29, 0.717) is 0 Å². The summed E-state index contributed by atoms with van der Waals surface area (Å²) in [4.78, 5) is 4.31. The third-order valence-corrected chi connectivity index (χ3v) is 3.04. The minimum absolute atomic E-state index is 1.07. The largest absolute Gasteiger partial charge is 0.236 e. The summed E-state index contributed by atoms with van der Waals surface area (Å²) in [7, 11) is 0. The highest BCUT2D eigenvalue weighted by molar-refractivity contribution is 14.1. The summed E-state index contributed by atoms with van der Waals surface area (Å²) in [5.74, 6) is 0. The van der Waals surface area contributed by atoms with Crippen molar-refractivity contribution in [2.75, 3.05) is 0 Å². The van der Waals surface area contributed by atoms with E-state index < -0.39 is 0 Å². The van der Waals surface area contributed by atoms with Crippen molar-refractivity contribution in [1.82, 2.24) is 4.98 Å². The van der Waals surface area contributed by atoms with Gasteiger partial charge in [0, 0.05) is 0 Å². The summed E-state index contributed by atoms with van der Waals surface area (Å²) >= 11 is 4.49. The van der Waals surface area contributed by atoms with Crippen LogP contribution in [0.2, 0.25) is 0 Å². The first-order chi connectivity index (χ1) is 4.61. The lowest BCUT2D eigenvalue weighted by atomic mass is 10.2. The van der Waals surface area contributed by atoms with Crippen LogP contribution in [0.1, 0.15) is 11.1 Å². The molecule has 0 spiro atoms. The highest BCUT2D eigenvalue weighted by Gasteiger charge is 1.99. The smallest absolute Gasteiger partial charge is 0.105 e. The van der Waals surface area contributed by atoms with E-state index in [1.165, 1.54) is 11.1 Å². The Morgan fingerprint density at radius 3 is 2.40 bits per heavy atom. The molecular weight excluding hydrogens is 352 g/mol. The molecule has 1 aromatic rings. The van der Waals surface area contributed by atoms with Crippen LogP contribution in [0.15, 0.2) is 6.07 Å². The molecule has 1 aromatic heterocycles. The lowest BCUT2D eigenvalue weighted by molar-refractivity contribution is 1.14. The van der Waals surface area contributed by atoms with Crippen LogP contribution in [-0.2, 0) is 0 Å². The van der Waals surface area contributed by atoms with Gasteiger partial charge in [-0.25, -0.2) is 4.98 Å². The van der Waals surface area contributed by atoms with Gasteiger partial charge in [0.1, 0.15) is 7.40 Å². The van der Waals surface area contributed by atoms with Crippen LogP contribution in [0.25, 0.3) is 0 Å². The van der Waals surface area contributed by atoms with Crippen molar-refractivity contribution >= 4 is 45.2 Å². The van der Waals surface area contributed by atoms with Crippen molar-refractivity contribution in [2.24, 2.45) is 0 Å². The highest BCUT2D eigenvalue weighted by atomic mass is 127. The van der Waals surface area contributed by atoms with Crippen LogP contribution in [0.4, 0.5) is 0 Å². The second-order valence-electron chi connectivity index (χ2n) is 2.18. The Kier molecular flexibility index (Phi) is 2.91. The Balaban J connectivity index is 3.31. The molecule has 0 saturated carbocycles. The number of aromatic nitrogens is 1. The molecule has 0 atom stereocenters. The van der Waals surface area contributed by atoms with Gasteiger partial charge in [0.25, 0.3) is 0 Å². The van der Waals surface area contributed by atoms with E-state index in [1.807, 2.05) is 0 Å². The molecule has 0 saturated heterocycles. The van der Waals surface area contributed by atoms with E-state index >= 15 is 0 Å². The molecule has 54 valence electrons. The third-order valence-electron chi connectivity index (χ3n) is 1.44. The molecule has 0 aliphatic carbocycles. The summed E-state index contributed by atoms with van der Waals surface area (Å²) in [6.07, 6.45) is 0. The molecule has 10 heavy (non-hydrogen) atoms. The molecule has 1 heterocycles. The maximum absolute atomic E-state index is 4.31. The fourth-order valence-electron chi connectivity index (χ4n) is 0.660. The lowest BCUT2D eigenvalue weighted by Crippen LogP contribution is -1.92. The van der Waals surface area contributed by atoms with Crippen LogP contribution in [0, 0.1) is 21.2 Å². The SMILES string of the molecule is Cc1cc(I)nc(I)c1C. The molecule has 3 heteroatoms. The Labute approximate surface area is 87.9 Å². The summed E-state index contributed by atoms with van der Waals surface area (Å²) in [6, 6.07) is 2.10. The second-order valence-corrected chi connectivity index (χ2v) is 4.30. The minimum atomic E-state index is 1.07. The number of halogens is 2. The third kappa shape index (κ3) is 1.81. The first-order valence-electron chi connectivity index (χ1n) is 2.90. The van der Waals surface area contributed by atoms with Crippen molar-refractivity contribution in [3.05, 3.63) is 24.6 Å². The van der Waals surface area contributed by atoms with Gasteiger partial charge in [-0.15, -0.1) is 0 Å². The molecule has 0 unspecified atom stereocenters. The summed E-state index contributed by atoms with van der Waals surface area (Å²) < 4.78 is 2.19. The van der Waals surface area contributed by atoms with Crippen LogP contribution in [-0.4, -0.2) is 4.98 Å². The van der Waals surface area contributed by atoms with Crippen molar-refractivity contribution in [3.8, 4) is 0 Å². The molecule has 0 aliphatic rings. The second kappa shape index (κ2) is 3.34. The van der Waals surface area contributed by atoms with Crippen LogP contribution in [0.5, 0.6) is 0 Å². The van der Waals surface area contributed by atoms with Gasteiger partial charge in [0.05, 0.1) is 0 Å². The van der Waals surface area contributed by atoms with Crippen LogP contribution >= 0.6 is 45.2 Å². The number of nitrogens with zero attached hydrogens (tertiary/aromatic N) is 1. The monoisotopic (exact) mass is 359 g/mol. The number of pyridine rings is 1. The van der Waals surface area contributed by atoms with Crippen molar-refractivity contribution in [3.63, 3.8) is 0 Å². The molecule has 1 rings (SSSR count). The van der Waals surface area contributed by atoms with Gasteiger partial charge in [-0.1, -0.05) is 0 Å². The normalized spacial score (nSPS) is 10.0. The van der Waals surface area contributed by atoms with Crippen molar-refractivity contribution in [1.29, 1.82) is 0 Å².